The van der Waals surface area contributed by atoms with Crippen molar-refractivity contribution in [1.29, 1.82) is 0 Å². The number of rotatable bonds is 3. The van der Waals surface area contributed by atoms with Gasteiger partial charge in [-0.3, -0.25) is 10.8 Å². The molecule has 4 nitrogen and oxygen atoms in total. The predicted octanol–water partition coefficient (Wildman–Crippen LogP) is 3.03. The van der Waals surface area contributed by atoms with Gasteiger partial charge in [-0.25, -0.2) is 5.43 Å². The number of benzene rings is 1. The molecule has 0 spiro atoms. The molecule has 0 saturated heterocycles. The molecule has 1 aromatic carbocycles. The van der Waals surface area contributed by atoms with Crippen molar-refractivity contribution >= 4 is 22.6 Å². The highest BCUT2D eigenvalue weighted by atomic mass is 35.5. The molecule has 3 N–H and O–H groups in total. The van der Waals surface area contributed by atoms with E-state index in [1.807, 2.05) is 30.3 Å². The van der Waals surface area contributed by atoms with Crippen molar-refractivity contribution in [2.75, 3.05) is 0 Å². The smallest absolute Gasteiger partial charge is 0.152 e. The van der Waals surface area contributed by atoms with Gasteiger partial charge in [0.25, 0.3) is 0 Å². The number of hydrogen-bond donors (Lipinski definition) is 2. The third-order valence-corrected chi connectivity index (χ3v) is 3.30. The summed E-state index contributed by atoms with van der Waals surface area (Å²) in [6.45, 7) is 0. The lowest BCUT2D eigenvalue weighted by atomic mass is 10.1. The molecule has 3 rings (SSSR count). The van der Waals surface area contributed by atoms with E-state index < -0.39 is 0 Å². The summed E-state index contributed by atoms with van der Waals surface area (Å²) < 4.78 is 5.81. The second-order valence-corrected chi connectivity index (χ2v) is 4.59. The molecule has 5 heteroatoms. The van der Waals surface area contributed by atoms with Gasteiger partial charge in [0.15, 0.2) is 5.58 Å². The van der Waals surface area contributed by atoms with Gasteiger partial charge in [-0.05, 0) is 29.8 Å². The second-order valence-electron chi connectivity index (χ2n) is 4.19. The average molecular weight is 274 g/mol. The molecule has 2 heterocycles. The number of pyridine rings is 1. The summed E-state index contributed by atoms with van der Waals surface area (Å²) in [6.07, 6.45) is 3.44. The minimum absolute atomic E-state index is 0.230. The van der Waals surface area contributed by atoms with E-state index in [2.05, 4.69) is 10.4 Å². The van der Waals surface area contributed by atoms with Gasteiger partial charge in [0.05, 0.1) is 5.02 Å². The third kappa shape index (κ3) is 2.21. The van der Waals surface area contributed by atoms with Crippen LogP contribution in [0.2, 0.25) is 5.02 Å². The first-order valence-corrected chi connectivity index (χ1v) is 6.21. The number of nitrogens with two attached hydrogens (primary N) is 1. The SMILES string of the molecule is NNC(c1ccncc1)c1cc2cccc(Cl)c2o1. The van der Waals surface area contributed by atoms with E-state index >= 15 is 0 Å². The van der Waals surface area contributed by atoms with Gasteiger partial charge in [-0.2, -0.15) is 0 Å². The molecule has 3 aromatic rings. The van der Waals surface area contributed by atoms with E-state index in [1.165, 1.54) is 0 Å². The highest BCUT2D eigenvalue weighted by Crippen LogP contribution is 2.31. The van der Waals surface area contributed by atoms with E-state index in [0.717, 1.165) is 16.7 Å². The monoisotopic (exact) mass is 273 g/mol. The molecule has 0 aliphatic rings. The van der Waals surface area contributed by atoms with E-state index in [0.29, 0.717) is 10.6 Å². The minimum Gasteiger partial charge on any atom is -0.457 e. The minimum atomic E-state index is -0.230. The van der Waals surface area contributed by atoms with Crippen LogP contribution in [0.5, 0.6) is 0 Å². The normalized spacial score (nSPS) is 12.7. The van der Waals surface area contributed by atoms with Crippen LogP contribution in [0, 0.1) is 0 Å². The van der Waals surface area contributed by atoms with Gasteiger partial charge in [0.1, 0.15) is 11.8 Å². The van der Waals surface area contributed by atoms with Crippen molar-refractivity contribution in [2.45, 2.75) is 6.04 Å². The fourth-order valence-corrected chi connectivity index (χ4v) is 2.31. The quantitative estimate of drug-likeness (QED) is 0.569. The molecule has 2 aromatic heterocycles. The first-order valence-electron chi connectivity index (χ1n) is 5.83. The number of fused-ring (bicyclic) bond motifs is 1. The molecule has 1 unspecified atom stereocenters. The molecule has 19 heavy (non-hydrogen) atoms. The number of furan rings is 1. The molecular weight excluding hydrogens is 262 g/mol. The zero-order valence-electron chi connectivity index (χ0n) is 10.0. The van der Waals surface area contributed by atoms with Crippen molar-refractivity contribution in [3.63, 3.8) is 0 Å². The maximum atomic E-state index is 6.11. The van der Waals surface area contributed by atoms with Crippen molar-refractivity contribution in [3.8, 4) is 0 Å². The number of halogens is 1. The van der Waals surface area contributed by atoms with Crippen LogP contribution in [0.25, 0.3) is 11.0 Å². The van der Waals surface area contributed by atoms with Crippen LogP contribution < -0.4 is 11.3 Å². The van der Waals surface area contributed by atoms with E-state index in [4.69, 9.17) is 21.9 Å². The molecule has 0 fully saturated rings. The summed E-state index contributed by atoms with van der Waals surface area (Å²) >= 11 is 6.11. The lowest BCUT2D eigenvalue weighted by Crippen LogP contribution is -2.28. The molecule has 0 saturated carbocycles. The van der Waals surface area contributed by atoms with E-state index in [-0.39, 0.29) is 6.04 Å². The first kappa shape index (κ1) is 12.2. The molecule has 96 valence electrons. The first-order chi connectivity index (χ1) is 9.29. The highest BCUT2D eigenvalue weighted by Gasteiger charge is 2.17. The summed E-state index contributed by atoms with van der Waals surface area (Å²) in [5.74, 6) is 6.35. The molecule has 0 aliphatic heterocycles. The van der Waals surface area contributed by atoms with Crippen LogP contribution in [-0.2, 0) is 0 Å². The number of aromatic nitrogens is 1. The van der Waals surface area contributed by atoms with E-state index in [9.17, 15) is 0 Å². The summed E-state index contributed by atoms with van der Waals surface area (Å²) in [7, 11) is 0. The van der Waals surface area contributed by atoms with Crippen LogP contribution >= 0.6 is 11.6 Å². The summed E-state index contributed by atoms with van der Waals surface area (Å²) in [5.41, 5.74) is 4.40. The van der Waals surface area contributed by atoms with Crippen molar-refractivity contribution in [3.05, 3.63) is 65.1 Å². The number of nitrogens with zero attached hydrogens (tertiary/aromatic N) is 1. The average Bonchev–Trinajstić information content (AvgIpc) is 2.86. The Morgan fingerprint density at radius 3 is 2.68 bits per heavy atom. The molecule has 0 amide bonds. The van der Waals surface area contributed by atoms with Gasteiger partial charge in [0, 0.05) is 17.8 Å². The Kier molecular flexibility index (Phi) is 3.21. The lowest BCUT2D eigenvalue weighted by Gasteiger charge is -2.12. The number of nitrogens with one attached hydrogen (secondary N) is 1. The Balaban J connectivity index is 2.09. The molecular formula is C14H12ClN3O. The van der Waals surface area contributed by atoms with Crippen LogP contribution in [0.15, 0.2) is 53.2 Å². The molecule has 0 aliphatic carbocycles. The van der Waals surface area contributed by atoms with Gasteiger partial charge in [0.2, 0.25) is 0 Å². The third-order valence-electron chi connectivity index (χ3n) is 3.01. The number of para-hydroxylation sites is 1. The van der Waals surface area contributed by atoms with Crippen molar-refractivity contribution in [2.24, 2.45) is 5.84 Å². The second kappa shape index (κ2) is 5.01. The van der Waals surface area contributed by atoms with Crippen molar-refractivity contribution in [1.82, 2.24) is 10.4 Å². The Morgan fingerprint density at radius 1 is 1.21 bits per heavy atom. The van der Waals surface area contributed by atoms with Crippen LogP contribution in [0.4, 0.5) is 0 Å². The van der Waals surface area contributed by atoms with Gasteiger partial charge >= 0.3 is 0 Å². The maximum absolute atomic E-state index is 6.11. The van der Waals surface area contributed by atoms with Crippen LogP contribution in [-0.4, -0.2) is 4.98 Å². The lowest BCUT2D eigenvalue weighted by molar-refractivity contribution is 0.477. The Hall–Kier alpha value is -1.88. The molecule has 0 radical (unpaired) electrons. The number of hydrazine groups is 1. The highest BCUT2D eigenvalue weighted by molar-refractivity contribution is 6.34. The summed E-state index contributed by atoms with van der Waals surface area (Å²) in [6, 6.07) is 11.1. The van der Waals surface area contributed by atoms with Gasteiger partial charge in [-0.15, -0.1) is 0 Å². The zero-order valence-corrected chi connectivity index (χ0v) is 10.8. The fourth-order valence-electron chi connectivity index (χ4n) is 2.09. The maximum Gasteiger partial charge on any atom is 0.152 e. The molecule has 0 bridgehead atoms. The Bertz CT molecular complexity index is 696. The zero-order chi connectivity index (χ0) is 13.2. The van der Waals surface area contributed by atoms with Gasteiger partial charge < -0.3 is 4.42 Å². The van der Waals surface area contributed by atoms with Gasteiger partial charge in [-0.1, -0.05) is 23.7 Å². The van der Waals surface area contributed by atoms with Crippen molar-refractivity contribution < 1.29 is 4.42 Å². The fraction of sp³-hybridized carbons (Fsp3) is 0.0714. The number of hydrogen-bond acceptors (Lipinski definition) is 4. The molecule has 1 atom stereocenters. The van der Waals surface area contributed by atoms with Crippen LogP contribution in [0.1, 0.15) is 17.4 Å². The summed E-state index contributed by atoms with van der Waals surface area (Å²) in [4.78, 5) is 3.99. The predicted molar refractivity (Wildman–Crippen MR) is 74.6 cm³/mol. The summed E-state index contributed by atoms with van der Waals surface area (Å²) in [5, 5.41) is 1.55. The Labute approximate surface area is 115 Å². The van der Waals surface area contributed by atoms with E-state index in [1.54, 1.807) is 18.5 Å². The Morgan fingerprint density at radius 2 is 2.00 bits per heavy atom. The topological polar surface area (TPSA) is 64.1 Å². The largest absolute Gasteiger partial charge is 0.457 e. The van der Waals surface area contributed by atoms with Crippen LogP contribution in [0.3, 0.4) is 0 Å². The standard InChI is InChI=1S/C14H12ClN3O/c15-11-3-1-2-10-8-12(19-14(10)11)13(18-16)9-4-6-17-7-5-9/h1-8,13,18H,16H2.